The van der Waals surface area contributed by atoms with Crippen LogP contribution in [0.4, 0.5) is 0 Å². The van der Waals surface area contributed by atoms with Crippen LogP contribution >= 0.6 is 0 Å². The summed E-state index contributed by atoms with van der Waals surface area (Å²) in [5, 5.41) is 0. The van der Waals surface area contributed by atoms with Crippen LogP contribution in [0.15, 0.2) is 24.3 Å². The maximum atomic E-state index is 12.2. The topological polar surface area (TPSA) is 20.3 Å². The first-order valence-electron chi connectivity index (χ1n) is 6.98. The minimum Gasteiger partial charge on any atom is -0.342 e. The molecule has 0 radical (unpaired) electrons. The van der Waals surface area contributed by atoms with Gasteiger partial charge in [0.25, 0.3) is 0 Å². The molecule has 0 atom stereocenters. The largest absolute Gasteiger partial charge is 0.342 e. The van der Waals surface area contributed by atoms with Crippen molar-refractivity contribution >= 4 is 5.91 Å². The number of likely N-dealkylation sites (N-methyl/N-ethyl adjacent to an activating group) is 1. The average molecular weight is 245 g/mol. The molecule has 0 aliphatic heterocycles. The molecule has 0 aromatic heterocycles. The maximum Gasteiger partial charge on any atom is 0.226 e. The summed E-state index contributed by atoms with van der Waals surface area (Å²) in [4.78, 5) is 14.2. The molecular weight excluding hydrogens is 222 g/mol. The number of aryl methyl sites for hydroxylation is 1. The van der Waals surface area contributed by atoms with E-state index in [2.05, 4.69) is 31.2 Å². The van der Waals surface area contributed by atoms with Crippen molar-refractivity contribution < 1.29 is 4.79 Å². The van der Waals surface area contributed by atoms with Crippen molar-refractivity contribution in [1.29, 1.82) is 0 Å². The van der Waals surface area contributed by atoms with Gasteiger partial charge in [0.1, 0.15) is 0 Å². The first kappa shape index (κ1) is 13.1. The first-order chi connectivity index (χ1) is 8.66. The summed E-state index contributed by atoms with van der Waals surface area (Å²) in [6.07, 6.45) is 6.76. The molecule has 0 spiro atoms. The van der Waals surface area contributed by atoms with Crippen LogP contribution in [0.25, 0.3) is 0 Å². The van der Waals surface area contributed by atoms with E-state index in [-0.39, 0.29) is 5.91 Å². The van der Waals surface area contributed by atoms with Gasteiger partial charge in [0.2, 0.25) is 5.91 Å². The van der Waals surface area contributed by atoms with Gasteiger partial charge in [0.05, 0.1) is 6.42 Å². The van der Waals surface area contributed by atoms with Crippen molar-refractivity contribution in [3.63, 3.8) is 0 Å². The molecule has 1 aromatic carbocycles. The molecule has 1 aromatic rings. The second kappa shape index (κ2) is 6.03. The molecule has 0 unspecified atom stereocenters. The van der Waals surface area contributed by atoms with E-state index in [0.717, 1.165) is 5.56 Å². The van der Waals surface area contributed by atoms with Crippen molar-refractivity contribution in [2.45, 2.75) is 51.5 Å². The van der Waals surface area contributed by atoms with E-state index >= 15 is 0 Å². The van der Waals surface area contributed by atoms with E-state index in [4.69, 9.17) is 0 Å². The van der Waals surface area contributed by atoms with Crippen molar-refractivity contribution in [2.24, 2.45) is 0 Å². The summed E-state index contributed by atoms with van der Waals surface area (Å²) in [5.74, 6) is 0.255. The number of nitrogens with zero attached hydrogens (tertiary/aromatic N) is 1. The van der Waals surface area contributed by atoms with Crippen molar-refractivity contribution in [3.8, 4) is 0 Å². The van der Waals surface area contributed by atoms with E-state index in [0.29, 0.717) is 12.5 Å². The lowest BCUT2D eigenvalue weighted by atomic mass is 9.94. The minimum absolute atomic E-state index is 0.255. The van der Waals surface area contributed by atoms with Crippen LogP contribution in [0.1, 0.15) is 43.2 Å². The van der Waals surface area contributed by atoms with Gasteiger partial charge in [-0.3, -0.25) is 4.79 Å². The third-order valence-electron chi connectivity index (χ3n) is 3.99. The fourth-order valence-corrected chi connectivity index (χ4v) is 2.68. The van der Waals surface area contributed by atoms with Gasteiger partial charge < -0.3 is 4.90 Å². The minimum atomic E-state index is 0.255. The van der Waals surface area contributed by atoms with Gasteiger partial charge >= 0.3 is 0 Å². The molecule has 1 aliphatic rings. The van der Waals surface area contributed by atoms with Crippen molar-refractivity contribution in [3.05, 3.63) is 35.4 Å². The Kier molecular flexibility index (Phi) is 4.40. The Labute approximate surface area is 110 Å². The quantitative estimate of drug-likeness (QED) is 0.800. The van der Waals surface area contributed by atoms with Crippen LogP contribution in [0.3, 0.4) is 0 Å². The first-order valence-corrected chi connectivity index (χ1v) is 6.98. The van der Waals surface area contributed by atoms with Crippen molar-refractivity contribution in [1.82, 2.24) is 4.90 Å². The molecule has 18 heavy (non-hydrogen) atoms. The number of carbonyl (C=O) groups is 1. The zero-order valence-corrected chi connectivity index (χ0v) is 11.5. The Balaban J connectivity index is 1.92. The van der Waals surface area contributed by atoms with Crippen LogP contribution in [-0.2, 0) is 11.2 Å². The molecule has 1 aliphatic carbocycles. The molecule has 0 N–H and O–H groups in total. The van der Waals surface area contributed by atoms with E-state index in [9.17, 15) is 4.79 Å². The lowest BCUT2D eigenvalue weighted by Crippen LogP contribution is -2.39. The highest BCUT2D eigenvalue weighted by molar-refractivity contribution is 5.78. The van der Waals surface area contributed by atoms with Crippen LogP contribution in [0, 0.1) is 6.92 Å². The second-order valence-electron chi connectivity index (χ2n) is 5.46. The number of hydrogen-bond donors (Lipinski definition) is 0. The van der Waals surface area contributed by atoms with Gasteiger partial charge in [-0.1, -0.05) is 49.1 Å². The van der Waals surface area contributed by atoms with Gasteiger partial charge in [0, 0.05) is 13.1 Å². The Hall–Kier alpha value is -1.31. The highest BCUT2D eigenvalue weighted by Crippen LogP contribution is 2.22. The summed E-state index contributed by atoms with van der Waals surface area (Å²) in [6, 6.07) is 8.73. The molecule has 1 fully saturated rings. The predicted octanol–water partition coefficient (Wildman–Crippen LogP) is 3.33. The van der Waals surface area contributed by atoms with E-state index < -0.39 is 0 Å². The molecule has 2 rings (SSSR count). The van der Waals surface area contributed by atoms with Gasteiger partial charge in [-0.05, 0) is 25.3 Å². The summed E-state index contributed by atoms with van der Waals surface area (Å²) in [6.45, 7) is 2.07. The molecule has 1 amide bonds. The third-order valence-corrected chi connectivity index (χ3v) is 3.99. The summed E-state index contributed by atoms with van der Waals surface area (Å²) in [5.41, 5.74) is 2.36. The summed E-state index contributed by atoms with van der Waals surface area (Å²) in [7, 11) is 1.96. The maximum absolute atomic E-state index is 12.2. The highest BCUT2D eigenvalue weighted by atomic mass is 16.2. The molecular formula is C16H23NO. The van der Waals surface area contributed by atoms with Gasteiger partial charge in [-0.2, -0.15) is 0 Å². The highest BCUT2D eigenvalue weighted by Gasteiger charge is 2.21. The normalized spacial score (nSPS) is 16.6. The van der Waals surface area contributed by atoms with Gasteiger partial charge in [-0.25, -0.2) is 0 Å². The number of hydrogen-bond acceptors (Lipinski definition) is 1. The number of carbonyl (C=O) groups excluding carboxylic acids is 1. The fraction of sp³-hybridized carbons (Fsp3) is 0.562. The van der Waals surface area contributed by atoms with Crippen LogP contribution in [-0.4, -0.2) is 23.9 Å². The summed E-state index contributed by atoms with van der Waals surface area (Å²) < 4.78 is 0. The zero-order valence-electron chi connectivity index (χ0n) is 11.5. The van der Waals surface area contributed by atoms with E-state index in [1.807, 2.05) is 11.9 Å². The Morgan fingerprint density at radius 3 is 2.39 bits per heavy atom. The summed E-state index contributed by atoms with van der Waals surface area (Å²) >= 11 is 0. The Morgan fingerprint density at radius 1 is 1.17 bits per heavy atom. The third kappa shape index (κ3) is 3.34. The van der Waals surface area contributed by atoms with Crippen molar-refractivity contribution in [2.75, 3.05) is 7.05 Å². The molecule has 1 saturated carbocycles. The smallest absolute Gasteiger partial charge is 0.226 e. The predicted molar refractivity (Wildman–Crippen MR) is 74.5 cm³/mol. The van der Waals surface area contributed by atoms with Crippen LogP contribution < -0.4 is 0 Å². The monoisotopic (exact) mass is 245 g/mol. The Bertz CT molecular complexity index is 390. The molecule has 2 heteroatoms. The lowest BCUT2D eigenvalue weighted by Gasteiger charge is -2.31. The number of rotatable bonds is 3. The molecule has 0 heterocycles. The second-order valence-corrected chi connectivity index (χ2v) is 5.46. The fourth-order valence-electron chi connectivity index (χ4n) is 2.68. The average Bonchev–Trinajstić information content (AvgIpc) is 2.41. The number of benzene rings is 1. The van der Waals surface area contributed by atoms with E-state index in [1.54, 1.807) is 0 Å². The van der Waals surface area contributed by atoms with Crippen LogP contribution in [0.2, 0.25) is 0 Å². The zero-order chi connectivity index (χ0) is 13.0. The molecule has 98 valence electrons. The molecule has 0 bridgehead atoms. The molecule has 2 nitrogen and oxygen atoms in total. The standard InChI is InChI=1S/C16H23NO/c1-13-8-10-14(11-9-13)12-16(18)17(2)15-6-4-3-5-7-15/h8-11,15H,3-7,12H2,1-2H3. The molecule has 0 saturated heterocycles. The van der Waals surface area contributed by atoms with Crippen LogP contribution in [0.5, 0.6) is 0 Å². The Morgan fingerprint density at radius 2 is 1.78 bits per heavy atom. The van der Waals surface area contributed by atoms with Gasteiger partial charge in [-0.15, -0.1) is 0 Å². The lowest BCUT2D eigenvalue weighted by molar-refractivity contribution is -0.131. The van der Waals surface area contributed by atoms with Gasteiger partial charge in [0.15, 0.2) is 0 Å². The number of amides is 1. The van der Waals surface area contributed by atoms with E-state index in [1.165, 1.54) is 37.7 Å². The SMILES string of the molecule is Cc1ccc(CC(=O)N(C)C2CCCCC2)cc1.